The maximum Gasteiger partial charge on any atom is 0.268 e. The number of pyridine rings is 1. The Hall–Kier alpha value is -1.29. The molecule has 0 radical (unpaired) electrons. The molecule has 1 rings (SSSR count). The molecule has 12 heavy (non-hydrogen) atoms. The van der Waals surface area contributed by atoms with Gasteiger partial charge in [0.25, 0.3) is 5.91 Å². The molecule has 1 amide bonds. The minimum atomic E-state index is -0.650. The van der Waals surface area contributed by atoms with Gasteiger partial charge in [0.2, 0.25) is 0 Å². The molecule has 0 spiro atoms. The van der Waals surface area contributed by atoms with Crippen molar-refractivity contribution in [2.75, 3.05) is 7.11 Å². The van der Waals surface area contributed by atoms with Crippen LogP contribution in [0.3, 0.4) is 0 Å². The van der Waals surface area contributed by atoms with Crippen LogP contribution in [0.15, 0.2) is 12.3 Å². The molecular weight excluding hydrogens is 180 g/mol. The van der Waals surface area contributed by atoms with E-state index < -0.39 is 5.91 Å². The van der Waals surface area contributed by atoms with Crippen molar-refractivity contribution in [2.45, 2.75) is 0 Å². The molecule has 0 aromatic carbocycles. The summed E-state index contributed by atoms with van der Waals surface area (Å²) in [6.45, 7) is 0. The summed E-state index contributed by atoms with van der Waals surface area (Å²) in [6.07, 6.45) is 1.38. The molecule has 1 aromatic rings. The number of primary amides is 1. The minimum Gasteiger partial charge on any atom is -0.495 e. The maximum atomic E-state index is 10.7. The highest BCUT2D eigenvalue weighted by Gasteiger charge is 2.08. The predicted octanol–water partition coefficient (Wildman–Crippen LogP) is 0.842. The molecule has 5 heteroatoms. The Kier molecular flexibility index (Phi) is 2.50. The Morgan fingerprint density at radius 3 is 2.83 bits per heavy atom. The van der Waals surface area contributed by atoms with E-state index in [4.69, 9.17) is 22.1 Å². The van der Waals surface area contributed by atoms with Gasteiger partial charge in [0.05, 0.1) is 18.3 Å². The Morgan fingerprint density at radius 1 is 1.75 bits per heavy atom. The van der Waals surface area contributed by atoms with Gasteiger partial charge in [-0.2, -0.15) is 0 Å². The first-order valence-corrected chi connectivity index (χ1v) is 3.52. The van der Waals surface area contributed by atoms with Crippen LogP contribution in [0.2, 0.25) is 5.02 Å². The summed E-state index contributed by atoms with van der Waals surface area (Å²) < 4.78 is 4.83. The molecule has 0 bridgehead atoms. The fraction of sp³-hybridized carbons (Fsp3) is 0.143. The topological polar surface area (TPSA) is 65.2 Å². The van der Waals surface area contributed by atoms with Gasteiger partial charge >= 0.3 is 0 Å². The molecule has 0 aliphatic rings. The van der Waals surface area contributed by atoms with Crippen LogP contribution in [-0.2, 0) is 0 Å². The third-order valence-corrected chi connectivity index (χ3v) is 1.57. The van der Waals surface area contributed by atoms with Gasteiger partial charge in [-0.25, -0.2) is 4.98 Å². The van der Waals surface area contributed by atoms with Crippen LogP contribution in [0.4, 0.5) is 0 Å². The van der Waals surface area contributed by atoms with Crippen molar-refractivity contribution >= 4 is 17.5 Å². The van der Waals surface area contributed by atoms with Crippen LogP contribution in [0.25, 0.3) is 0 Å². The zero-order chi connectivity index (χ0) is 9.14. The molecule has 0 aliphatic heterocycles. The molecule has 64 valence electrons. The van der Waals surface area contributed by atoms with Gasteiger partial charge in [0.1, 0.15) is 11.4 Å². The first-order valence-electron chi connectivity index (χ1n) is 3.14. The SMILES string of the molecule is COc1cnc(C(N)=O)c(Cl)c1. The largest absolute Gasteiger partial charge is 0.495 e. The summed E-state index contributed by atoms with van der Waals surface area (Å²) in [5, 5.41) is 0.196. The van der Waals surface area contributed by atoms with E-state index in [2.05, 4.69) is 4.98 Å². The minimum absolute atomic E-state index is 0.0532. The highest BCUT2D eigenvalue weighted by molar-refractivity contribution is 6.33. The predicted molar refractivity (Wildman–Crippen MR) is 44.3 cm³/mol. The summed E-state index contributed by atoms with van der Waals surface area (Å²) in [4.78, 5) is 14.4. The smallest absolute Gasteiger partial charge is 0.268 e. The van der Waals surface area contributed by atoms with Gasteiger partial charge in [-0.15, -0.1) is 0 Å². The van der Waals surface area contributed by atoms with Crippen LogP contribution in [0.1, 0.15) is 10.5 Å². The average molecular weight is 187 g/mol. The second kappa shape index (κ2) is 3.40. The lowest BCUT2D eigenvalue weighted by Gasteiger charge is -2.01. The summed E-state index contributed by atoms with van der Waals surface area (Å²) in [5.41, 5.74) is 5.03. The zero-order valence-corrected chi connectivity index (χ0v) is 7.13. The number of rotatable bonds is 2. The monoisotopic (exact) mass is 186 g/mol. The average Bonchev–Trinajstić information content (AvgIpc) is 2.03. The van der Waals surface area contributed by atoms with Gasteiger partial charge in [-0.1, -0.05) is 11.6 Å². The molecule has 1 heterocycles. The number of hydrogen-bond donors (Lipinski definition) is 1. The highest BCUT2D eigenvalue weighted by Crippen LogP contribution is 2.18. The van der Waals surface area contributed by atoms with E-state index >= 15 is 0 Å². The second-order valence-corrected chi connectivity index (χ2v) is 2.48. The number of nitrogens with zero attached hydrogens (tertiary/aromatic N) is 1. The molecule has 0 aliphatic carbocycles. The Morgan fingerprint density at radius 2 is 2.42 bits per heavy atom. The molecule has 4 nitrogen and oxygen atoms in total. The van der Waals surface area contributed by atoms with Crippen LogP contribution in [-0.4, -0.2) is 18.0 Å². The van der Waals surface area contributed by atoms with Crippen molar-refractivity contribution < 1.29 is 9.53 Å². The number of carbonyl (C=O) groups is 1. The van der Waals surface area contributed by atoms with Crippen LogP contribution < -0.4 is 10.5 Å². The van der Waals surface area contributed by atoms with Crippen molar-refractivity contribution in [1.82, 2.24) is 4.98 Å². The fourth-order valence-electron chi connectivity index (χ4n) is 0.713. The Bertz CT molecular complexity index is 314. The maximum absolute atomic E-state index is 10.7. The van der Waals surface area contributed by atoms with E-state index in [-0.39, 0.29) is 10.7 Å². The normalized spacial score (nSPS) is 9.50. The van der Waals surface area contributed by atoms with Gasteiger partial charge in [0, 0.05) is 6.07 Å². The van der Waals surface area contributed by atoms with E-state index in [9.17, 15) is 4.79 Å². The zero-order valence-electron chi connectivity index (χ0n) is 6.37. The molecule has 0 atom stereocenters. The van der Waals surface area contributed by atoms with Crippen molar-refractivity contribution in [3.63, 3.8) is 0 Å². The van der Waals surface area contributed by atoms with E-state index in [1.165, 1.54) is 19.4 Å². The molecule has 0 unspecified atom stereocenters. The third-order valence-electron chi connectivity index (χ3n) is 1.29. The number of amides is 1. The lowest BCUT2D eigenvalue weighted by atomic mass is 10.3. The molecule has 2 N–H and O–H groups in total. The third kappa shape index (κ3) is 1.65. The molecule has 0 fully saturated rings. The number of ether oxygens (including phenoxy) is 1. The van der Waals surface area contributed by atoms with Crippen LogP contribution in [0.5, 0.6) is 5.75 Å². The molecular formula is C7H7ClN2O2. The van der Waals surface area contributed by atoms with Crippen LogP contribution in [0, 0.1) is 0 Å². The Labute approximate surface area is 74.3 Å². The molecule has 0 saturated carbocycles. The van der Waals surface area contributed by atoms with Crippen molar-refractivity contribution in [2.24, 2.45) is 5.73 Å². The number of halogens is 1. The van der Waals surface area contributed by atoms with Gasteiger partial charge in [0.15, 0.2) is 0 Å². The number of aromatic nitrogens is 1. The second-order valence-electron chi connectivity index (χ2n) is 2.07. The van der Waals surface area contributed by atoms with Crippen molar-refractivity contribution in [1.29, 1.82) is 0 Å². The van der Waals surface area contributed by atoms with Crippen LogP contribution >= 0.6 is 11.6 Å². The number of hydrogen-bond acceptors (Lipinski definition) is 3. The van der Waals surface area contributed by atoms with E-state index in [1.807, 2.05) is 0 Å². The number of carbonyl (C=O) groups excluding carboxylic acids is 1. The number of nitrogens with two attached hydrogens (primary N) is 1. The van der Waals surface area contributed by atoms with E-state index in [0.29, 0.717) is 5.75 Å². The lowest BCUT2D eigenvalue weighted by molar-refractivity contribution is 0.0995. The van der Waals surface area contributed by atoms with E-state index in [0.717, 1.165) is 0 Å². The molecule has 0 saturated heterocycles. The first-order chi connectivity index (χ1) is 5.65. The van der Waals surface area contributed by atoms with Crippen molar-refractivity contribution in [3.05, 3.63) is 23.0 Å². The Balaban J connectivity index is 3.12. The summed E-state index contributed by atoms with van der Waals surface area (Å²) >= 11 is 5.66. The van der Waals surface area contributed by atoms with Gasteiger partial charge in [-0.3, -0.25) is 4.79 Å². The first kappa shape index (κ1) is 8.80. The van der Waals surface area contributed by atoms with Gasteiger partial charge < -0.3 is 10.5 Å². The quantitative estimate of drug-likeness (QED) is 0.745. The molecule has 1 aromatic heterocycles. The fourth-order valence-corrected chi connectivity index (χ4v) is 0.963. The van der Waals surface area contributed by atoms with E-state index in [1.54, 1.807) is 0 Å². The summed E-state index contributed by atoms with van der Waals surface area (Å²) in [6, 6.07) is 1.48. The lowest BCUT2D eigenvalue weighted by Crippen LogP contribution is -2.13. The summed E-state index contributed by atoms with van der Waals surface area (Å²) in [7, 11) is 1.48. The number of methoxy groups -OCH3 is 1. The van der Waals surface area contributed by atoms with Crippen molar-refractivity contribution in [3.8, 4) is 5.75 Å². The highest BCUT2D eigenvalue weighted by atomic mass is 35.5. The standard InChI is InChI=1S/C7H7ClN2O2/c1-12-4-2-5(8)6(7(9)11)10-3-4/h2-3H,1H3,(H2,9,11). The summed E-state index contributed by atoms with van der Waals surface area (Å²) in [5.74, 6) is -0.160. The van der Waals surface area contributed by atoms with Gasteiger partial charge in [-0.05, 0) is 0 Å².